The Hall–Kier alpha value is -0.800. The molecule has 0 aromatic heterocycles. The molecular weight excluding hydrogens is 184 g/mol. The second-order valence-electron chi connectivity index (χ2n) is 2.62. The van der Waals surface area contributed by atoms with Crippen molar-refractivity contribution >= 4 is 18.0 Å². The number of aliphatic hydroxyl groups excluding tert-OH is 1. The van der Waals surface area contributed by atoms with Crippen molar-refractivity contribution in [1.29, 1.82) is 0 Å². The summed E-state index contributed by atoms with van der Waals surface area (Å²) in [5, 5.41) is 8.58. The fraction of sp³-hybridized carbons (Fsp3) is 0.300. The van der Waals surface area contributed by atoms with Gasteiger partial charge < -0.3 is 5.11 Å². The maximum Gasteiger partial charge on any atom is 0.150 e. The van der Waals surface area contributed by atoms with Gasteiger partial charge in [-0.3, -0.25) is 4.79 Å². The third-order valence-corrected chi connectivity index (χ3v) is 2.65. The molecule has 1 N–H and O–H groups in total. The maximum atomic E-state index is 10.4. The lowest BCUT2D eigenvalue weighted by Gasteiger charge is -2.00. The number of benzene rings is 1. The van der Waals surface area contributed by atoms with E-state index in [1.54, 1.807) is 17.8 Å². The lowest BCUT2D eigenvalue weighted by Crippen LogP contribution is -1.86. The van der Waals surface area contributed by atoms with E-state index >= 15 is 0 Å². The summed E-state index contributed by atoms with van der Waals surface area (Å²) in [5.74, 6) is 0.888. The average Bonchev–Trinajstić information content (AvgIpc) is 2.19. The van der Waals surface area contributed by atoms with Crippen molar-refractivity contribution in [3.8, 4) is 0 Å². The van der Waals surface area contributed by atoms with Crippen LogP contribution in [-0.2, 0) is 0 Å². The van der Waals surface area contributed by atoms with Crippen LogP contribution in [0.15, 0.2) is 29.2 Å². The van der Waals surface area contributed by atoms with Gasteiger partial charge in [-0.05, 0) is 18.6 Å². The van der Waals surface area contributed by atoms with E-state index in [2.05, 4.69) is 0 Å². The van der Waals surface area contributed by atoms with Gasteiger partial charge in [-0.25, -0.2) is 0 Å². The Labute approximate surface area is 82.0 Å². The Morgan fingerprint density at radius 3 is 3.00 bits per heavy atom. The SMILES string of the molecule is O=Cc1cccc(SCCCO)c1. The normalized spacial score (nSPS) is 9.92. The monoisotopic (exact) mass is 196 g/mol. The van der Waals surface area contributed by atoms with Gasteiger partial charge in [0.05, 0.1) is 0 Å². The van der Waals surface area contributed by atoms with E-state index in [-0.39, 0.29) is 6.61 Å². The Morgan fingerprint density at radius 1 is 1.46 bits per heavy atom. The number of thioether (sulfide) groups is 1. The molecule has 0 bridgehead atoms. The quantitative estimate of drug-likeness (QED) is 0.444. The highest BCUT2D eigenvalue weighted by Crippen LogP contribution is 2.18. The van der Waals surface area contributed by atoms with Crippen molar-refractivity contribution in [1.82, 2.24) is 0 Å². The highest BCUT2D eigenvalue weighted by Gasteiger charge is 1.95. The lowest BCUT2D eigenvalue weighted by atomic mass is 10.2. The van der Waals surface area contributed by atoms with Crippen molar-refractivity contribution in [2.24, 2.45) is 0 Å². The average molecular weight is 196 g/mol. The van der Waals surface area contributed by atoms with Crippen LogP contribution in [0.4, 0.5) is 0 Å². The molecule has 0 aliphatic carbocycles. The first-order valence-electron chi connectivity index (χ1n) is 4.15. The summed E-state index contributed by atoms with van der Waals surface area (Å²) in [7, 11) is 0. The van der Waals surface area contributed by atoms with Crippen LogP contribution in [0, 0.1) is 0 Å². The molecule has 1 aromatic carbocycles. The molecule has 0 amide bonds. The molecule has 70 valence electrons. The molecule has 0 saturated carbocycles. The van der Waals surface area contributed by atoms with Gasteiger partial charge >= 0.3 is 0 Å². The molecule has 0 unspecified atom stereocenters. The fourth-order valence-electron chi connectivity index (χ4n) is 0.932. The predicted molar refractivity (Wildman–Crippen MR) is 54.3 cm³/mol. The molecule has 0 spiro atoms. The van der Waals surface area contributed by atoms with Gasteiger partial charge in [0.25, 0.3) is 0 Å². The minimum absolute atomic E-state index is 0.223. The molecule has 1 rings (SSSR count). The number of hydrogen-bond donors (Lipinski definition) is 1. The van der Waals surface area contributed by atoms with Gasteiger partial charge in [-0.1, -0.05) is 12.1 Å². The molecule has 0 atom stereocenters. The Bertz CT molecular complexity index is 273. The first-order valence-corrected chi connectivity index (χ1v) is 5.14. The second kappa shape index (κ2) is 5.78. The fourth-order valence-corrected chi connectivity index (χ4v) is 1.84. The van der Waals surface area contributed by atoms with E-state index in [9.17, 15) is 4.79 Å². The first kappa shape index (κ1) is 10.3. The third kappa shape index (κ3) is 3.61. The van der Waals surface area contributed by atoms with E-state index in [0.717, 1.165) is 23.4 Å². The second-order valence-corrected chi connectivity index (χ2v) is 3.78. The Kier molecular flexibility index (Phi) is 4.57. The molecule has 0 radical (unpaired) electrons. The summed E-state index contributed by atoms with van der Waals surface area (Å²) < 4.78 is 0. The molecule has 1 aromatic rings. The largest absolute Gasteiger partial charge is 0.396 e. The summed E-state index contributed by atoms with van der Waals surface area (Å²) in [6, 6.07) is 7.47. The molecule has 0 aliphatic heterocycles. The third-order valence-electron chi connectivity index (χ3n) is 1.57. The summed E-state index contributed by atoms with van der Waals surface area (Å²) in [6.07, 6.45) is 1.63. The number of carbonyl (C=O) groups is 1. The van der Waals surface area contributed by atoms with E-state index in [1.807, 2.05) is 18.2 Å². The number of hydrogen-bond acceptors (Lipinski definition) is 3. The standard InChI is InChI=1S/C10H12O2S/c11-5-2-6-13-10-4-1-3-9(7-10)8-12/h1,3-4,7-8,11H,2,5-6H2. The van der Waals surface area contributed by atoms with Crippen LogP contribution in [0.1, 0.15) is 16.8 Å². The van der Waals surface area contributed by atoms with Gasteiger partial charge in [0.2, 0.25) is 0 Å². The minimum Gasteiger partial charge on any atom is -0.396 e. The first-order chi connectivity index (χ1) is 6.36. The number of carbonyl (C=O) groups excluding carboxylic acids is 1. The van der Waals surface area contributed by atoms with Crippen LogP contribution in [0.5, 0.6) is 0 Å². The van der Waals surface area contributed by atoms with Crippen molar-refractivity contribution in [3.05, 3.63) is 29.8 Å². The summed E-state index contributed by atoms with van der Waals surface area (Å²) in [4.78, 5) is 11.5. The van der Waals surface area contributed by atoms with Gasteiger partial charge in [0, 0.05) is 22.8 Å². The molecule has 13 heavy (non-hydrogen) atoms. The van der Waals surface area contributed by atoms with Crippen LogP contribution in [0.25, 0.3) is 0 Å². The Morgan fingerprint density at radius 2 is 2.31 bits per heavy atom. The van der Waals surface area contributed by atoms with Crippen LogP contribution < -0.4 is 0 Å². The van der Waals surface area contributed by atoms with Gasteiger partial charge in [0.15, 0.2) is 0 Å². The van der Waals surface area contributed by atoms with Crippen molar-refractivity contribution in [2.45, 2.75) is 11.3 Å². The van der Waals surface area contributed by atoms with Crippen molar-refractivity contribution < 1.29 is 9.90 Å². The minimum atomic E-state index is 0.223. The predicted octanol–water partition coefficient (Wildman–Crippen LogP) is 1.97. The highest BCUT2D eigenvalue weighted by atomic mass is 32.2. The van der Waals surface area contributed by atoms with Crippen LogP contribution in [-0.4, -0.2) is 23.8 Å². The van der Waals surface area contributed by atoms with Crippen LogP contribution in [0.3, 0.4) is 0 Å². The summed E-state index contributed by atoms with van der Waals surface area (Å²) in [6.45, 7) is 0.223. The van der Waals surface area contributed by atoms with E-state index < -0.39 is 0 Å². The van der Waals surface area contributed by atoms with Gasteiger partial charge in [-0.2, -0.15) is 0 Å². The van der Waals surface area contributed by atoms with Gasteiger partial charge in [-0.15, -0.1) is 11.8 Å². The molecular formula is C10H12O2S. The van der Waals surface area contributed by atoms with Crippen LogP contribution >= 0.6 is 11.8 Å². The lowest BCUT2D eigenvalue weighted by molar-refractivity contribution is 0.112. The molecule has 2 nitrogen and oxygen atoms in total. The van der Waals surface area contributed by atoms with Crippen molar-refractivity contribution in [2.75, 3.05) is 12.4 Å². The molecule has 3 heteroatoms. The molecule has 0 saturated heterocycles. The van der Waals surface area contributed by atoms with E-state index in [4.69, 9.17) is 5.11 Å². The van der Waals surface area contributed by atoms with E-state index in [1.165, 1.54) is 0 Å². The summed E-state index contributed by atoms with van der Waals surface area (Å²) >= 11 is 1.66. The van der Waals surface area contributed by atoms with Crippen LogP contribution in [0.2, 0.25) is 0 Å². The molecule has 0 fully saturated rings. The zero-order valence-corrected chi connectivity index (χ0v) is 8.09. The zero-order chi connectivity index (χ0) is 9.52. The number of aldehydes is 1. The Balaban J connectivity index is 2.51. The topological polar surface area (TPSA) is 37.3 Å². The maximum absolute atomic E-state index is 10.4. The highest BCUT2D eigenvalue weighted by molar-refractivity contribution is 7.99. The number of rotatable bonds is 5. The van der Waals surface area contributed by atoms with Crippen molar-refractivity contribution in [3.63, 3.8) is 0 Å². The number of aliphatic hydroxyl groups is 1. The smallest absolute Gasteiger partial charge is 0.150 e. The summed E-state index contributed by atoms with van der Waals surface area (Å²) in [5.41, 5.74) is 0.703. The van der Waals surface area contributed by atoms with Gasteiger partial charge in [0.1, 0.15) is 6.29 Å². The zero-order valence-electron chi connectivity index (χ0n) is 7.27. The molecule has 0 heterocycles. The molecule has 0 aliphatic rings. The van der Waals surface area contributed by atoms with E-state index in [0.29, 0.717) is 5.56 Å².